The van der Waals surface area contributed by atoms with Gasteiger partial charge in [0.1, 0.15) is 0 Å². The second kappa shape index (κ2) is 4.45. The fourth-order valence-corrected chi connectivity index (χ4v) is 1.11. The van der Waals surface area contributed by atoms with Gasteiger partial charge in [-0.3, -0.25) is 4.79 Å². The molecule has 0 unspecified atom stereocenters. The average molecular weight is 176 g/mol. The van der Waals surface area contributed by atoms with Crippen molar-refractivity contribution in [3.8, 4) is 0 Å². The summed E-state index contributed by atoms with van der Waals surface area (Å²) in [4.78, 5) is 10.5. The van der Waals surface area contributed by atoms with Crippen LogP contribution >= 0.6 is 0 Å². The third-order valence-electron chi connectivity index (χ3n) is 1.96. The van der Waals surface area contributed by atoms with E-state index in [0.717, 1.165) is 18.2 Å². The summed E-state index contributed by atoms with van der Waals surface area (Å²) in [6.45, 7) is 2.07. The average Bonchev–Trinajstić information content (AvgIpc) is 2.21. The topological polar surface area (TPSA) is 37.3 Å². The molecule has 0 aromatic heterocycles. The lowest BCUT2D eigenvalue weighted by molar-refractivity contribution is -0.103. The van der Waals surface area contributed by atoms with Crippen LogP contribution in [0.15, 0.2) is 30.5 Å². The SMILES string of the molecule is CCc1ccc(/C(C=O)=C/O)cc1. The number of aryl methyl sites for hydroxylation is 1. The van der Waals surface area contributed by atoms with Gasteiger partial charge in [-0.15, -0.1) is 0 Å². The van der Waals surface area contributed by atoms with Crippen molar-refractivity contribution in [3.05, 3.63) is 41.7 Å². The number of hydrogen-bond acceptors (Lipinski definition) is 2. The zero-order chi connectivity index (χ0) is 9.68. The van der Waals surface area contributed by atoms with Crippen LogP contribution in [-0.2, 0) is 11.2 Å². The van der Waals surface area contributed by atoms with E-state index in [2.05, 4.69) is 6.92 Å². The Kier molecular flexibility index (Phi) is 3.26. The molecule has 0 bridgehead atoms. The molecular formula is C11H12O2. The number of carbonyl (C=O) groups excluding carboxylic acids is 1. The molecule has 0 radical (unpaired) electrons. The number of benzene rings is 1. The van der Waals surface area contributed by atoms with Crippen LogP contribution < -0.4 is 0 Å². The molecule has 1 N–H and O–H groups in total. The van der Waals surface area contributed by atoms with Crippen molar-refractivity contribution < 1.29 is 9.90 Å². The third-order valence-corrected chi connectivity index (χ3v) is 1.96. The van der Waals surface area contributed by atoms with E-state index in [-0.39, 0.29) is 0 Å². The quantitative estimate of drug-likeness (QED) is 0.436. The molecule has 1 aromatic rings. The molecule has 0 saturated carbocycles. The van der Waals surface area contributed by atoms with E-state index in [1.807, 2.05) is 24.3 Å². The lowest BCUT2D eigenvalue weighted by Gasteiger charge is -2.00. The summed E-state index contributed by atoms with van der Waals surface area (Å²) in [6.07, 6.45) is 2.44. The van der Waals surface area contributed by atoms with Gasteiger partial charge >= 0.3 is 0 Å². The van der Waals surface area contributed by atoms with Gasteiger partial charge in [-0.05, 0) is 17.5 Å². The Hall–Kier alpha value is -1.57. The first-order chi connectivity index (χ1) is 6.31. The minimum atomic E-state index is 0.308. The summed E-state index contributed by atoms with van der Waals surface area (Å²) in [7, 11) is 0. The molecule has 13 heavy (non-hydrogen) atoms. The lowest BCUT2D eigenvalue weighted by Crippen LogP contribution is -1.87. The molecule has 0 heterocycles. The standard InChI is InChI=1S/C11H12O2/c1-2-9-3-5-10(6-4-9)11(7-12)8-13/h3-8,12H,2H2,1H3/b11-7+. The second-order valence-corrected chi connectivity index (χ2v) is 2.75. The zero-order valence-electron chi connectivity index (χ0n) is 7.53. The first-order valence-corrected chi connectivity index (χ1v) is 4.20. The van der Waals surface area contributed by atoms with Gasteiger partial charge in [-0.25, -0.2) is 0 Å². The summed E-state index contributed by atoms with van der Waals surface area (Å²) in [5.74, 6) is 0. The normalized spacial score (nSPS) is 11.3. The maximum absolute atomic E-state index is 10.5. The van der Waals surface area contributed by atoms with Gasteiger partial charge in [-0.2, -0.15) is 0 Å². The molecule has 0 amide bonds. The summed E-state index contributed by atoms with van der Waals surface area (Å²) in [6, 6.07) is 7.55. The lowest BCUT2D eigenvalue weighted by atomic mass is 10.1. The Balaban J connectivity index is 2.97. The van der Waals surface area contributed by atoms with Crippen molar-refractivity contribution in [1.82, 2.24) is 0 Å². The molecule has 0 aliphatic heterocycles. The van der Waals surface area contributed by atoms with Crippen molar-refractivity contribution in [2.24, 2.45) is 0 Å². The maximum Gasteiger partial charge on any atom is 0.153 e. The van der Waals surface area contributed by atoms with E-state index in [9.17, 15) is 4.79 Å². The predicted octanol–water partition coefficient (Wildman–Crippen LogP) is 2.35. The van der Waals surface area contributed by atoms with Gasteiger partial charge in [0, 0.05) is 0 Å². The summed E-state index contributed by atoms with van der Waals surface area (Å²) in [5.41, 5.74) is 2.27. The van der Waals surface area contributed by atoms with Crippen LogP contribution in [0.5, 0.6) is 0 Å². The van der Waals surface area contributed by atoms with Crippen LogP contribution in [-0.4, -0.2) is 11.4 Å². The van der Waals surface area contributed by atoms with Crippen molar-refractivity contribution in [1.29, 1.82) is 0 Å². The van der Waals surface area contributed by atoms with Crippen molar-refractivity contribution >= 4 is 11.9 Å². The minimum absolute atomic E-state index is 0.308. The molecule has 0 saturated heterocycles. The van der Waals surface area contributed by atoms with E-state index in [1.54, 1.807) is 0 Å². The number of aliphatic hydroxyl groups excluding tert-OH is 1. The zero-order valence-corrected chi connectivity index (χ0v) is 7.53. The fourth-order valence-electron chi connectivity index (χ4n) is 1.11. The van der Waals surface area contributed by atoms with Crippen molar-refractivity contribution in [3.63, 3.8) is 0 Å². The smallest absolute Gasteiger partial charge is 0.153 e. The van der Waals surface area contributed by atoms with E-state index in [1.165, 1.54) is 5.56 Å². The van der Waals surface area contributed by atoms with Gasteiger partial charge in [0.15, 0.2) is 6.29 Å². The highest BCUT2D eigenvalue weighted by Gasteiger charge is 1.98. The third kappa shape index (κ3) is 2.18. The Bertz CT molecular complexity index is 309. The molecule has 0 fully saturated rings. The molecule has 1 aromatic carbocycles. The van der Waals surface area contributed by atoms with Gasteiger partial charge in [0.2, 0.25) is 0 Å². The molecule has 0 aliphatic carbocycles. The fraction of sp³-hybridized carbons (Fsp3) is 0.182. The van der Waals surface area contributed by atoms with Gasteiger partial charge in [-0.1, -0.05) is 31.2 Å². The van der Waals surface area contributed by atoms with Crippen molar-refractivity contribution in [2.75, 3.05) is 0 Å². The molecule has 1 rings (SSSR count). The largest absolute Gasteiger partial charge is 0.515 e. The molecule has 2 heteroatoms. The Labute approximate surface area is 77.5 Å². The molecular weight excluding hydrogens is 164 g/mol. The van der Waals surface area contributed by atoms with Crippen LogP contribution in [0.1, 0.15) is 18.1 Å². The highest BCUT2D eigenvalue weighted by molar-refractivity contribution is 6.06. The maximum atomic E-state index is 10.5. The number of carbonyl (C=O) groups is 1. The van der Waals surface area contributed by atoms with Crippen LogP contribution in [0.2, 0.25) is 0 Å². The Morgan fingerprint density at radius 2 is 2.00 bits per heavy atom. The van der Waals surface area contributed by atoms with Crippen molar-refractivity contribution in [2.45, 2.75) is 13.3 Å². The van der Waals surface area contributed by atoms with E-state index in [0.29, 0.717) is 11.9 Å². The Morgan fingerprint density at radius 1 is 1.38 bits per heavy atom. The molecule has 2 nitrogen and oxygen atoms in total. The number of aldehydes is 1. The van der Waals surface area contributed by atoms with E-state index < -0.39 is 0 Å². The summed E-state index contributed by atoms with van der Waals surface area (Å²) in [5, 5.41) is 8.71. The van der Waals surface area contributed by atoms with Crippen LogP contribution in [0.25, 0.3) is 5.57 Å². The number of allylic oxidation sites excluding steroid dienone is 1. The van der Waals surface area contributed by atoms with E-state index >= 15 is 0 Å². The van der Waals surface area contributed by atoms with Gasteiger partial charge in [0.25, 0.3) is 0 Å². The number of aliphatic hydroxyl groups is 1. The monoisotopic (exact) mass is 176 g/mol. The predicted molar refractivity (Wildman–Crippen MR) is 52.5 cm³/mol. The molecule has 68 valence electrons. The first-order valence-electron chi connectivity index (χ1n) is 4.20. The summed E-state index contributed by atoms with van der Waals surface area (Å²) < 4.78 is 0. The Morgan fingerprint density at radius 3 is 2.38 bits per heavy atom. The molecule has 0 aliphatic rings. The molecule has 0 spiro atoms. The van der Waals surface area contributed by atoms with Gasteiger partial charge in [0.05, 0.1) is 11.8 Å². The minimum Gasteiger partial charge on any atom is -0.515 e. The number of hydrogen-bond donors (Lipinski definition) is 1. The summed E-state index contributed by atoms with van der Waals surface area (Å²) >= 11 is 0. The van der Waals surface area contributed by atoms with E-state index in [4.69, 9.17) is 5.11 Å². The molecule has 0 atom stereocenters. The van der Waals surface area contributed by atoms with Crippen LogP contribution in [0.4, 0.5) is 0 Å². The van der Waals surface area contributed by atoms with Crippen LogP contribution in [0, 0.1) is 0 Å². The first kappa shape index (κ1) is 9.52. The highest BCUT2D eigenvalue weighted by Crippen LogP contribution is 2.12. The highest BCUT2D eigenvalue weighted by atomic mass is 16.2. The van der Waals surface area contributed by atoms with Crippen LogP contribution in [0.3, 0.4) is 0 Å². The van der Waals surface area contributed by atoms with Gasteiger partial charge < -0.3 is 5.11 Å². The second-order valence-electron chi connectivity index (χ2n) is 2.75. The number of rotatable bonds is 3.